The number of ether oxygens (including phenoxy) is 1. The first-order valence-corrected chi connectivity index (χ1v) is 10.9. The Bertz CT molecular complexity index is 754. The van der Waals surface area contributed by atoms with Crippen molar-refractivity contribution in [1.29, 1.82) is 0 Å². The molecule has 5 nitrogen and oxygen atoms in total. The van der Waals surface area contributed by atoms with E-state index in [9.17, 15) is 28.5 Å². The van der Waals surface area contributed by atoms with Gasteiger partial charge in [-0.05, 0) is 43.4 Å². The van der Waals surface area contributed by atoms with Crippen molar-refractivity contribution in [1.82, 2.24) is 4.90 Å². The highest BCUT2D eigenvalue weighted by Gasteiger charge is 2.45. The van der Waals surface area contributed by atoms with Gasteiger partial charge < -0.3 is 20.1 Å². The third-order valence-electron chi connectivity index (χ3n) is 6.94. The number of hydrogen-bond donors (Lipinski definition) is 3. The van der Waals surface area contributed by atoms with Crippen molar-refractivity contribution >= 4 is 0 Å². The number of hydrogen-bond acceptors (Lipinski definition) is 5. The van der Waals surface area contributed by atoms with Crippen LogP contribution < -0.4 is 4.74 Å². The molecular formula is C23H34F3NO4. The second-order valence-electron chi connectivity index (χ2n) is 10.5. The van der Waals surface area contributed by atoms with Gasteiger partial charge in [-0.15, -0.1) is 0 Å². The van der Waals surface area contributed by atoms with E-state index < -0.39 is 41.4 Å². The summed E-state index contributed by atoms with van der Waals surface area (Å²) >= 11 is 0. The van der Waals surface area contributed by atoms with Gasteiger partial charge in [-0.2, -0.15) is 0 Å². The highest BCUT2D eigenvalue weighted by Crippen LogP contribution is 2.42. The molecule has 0 spiro atoms. The van der Waals surface area contributed by atoms with Crippen LogP contribution >= 0.6 is 0 Å². The van der Waals surface area contributed by atoms with Crippen LogP contribution in [-0.2, 0) is 0 Å². The zero-order chi connectivity index (χ0) is 23.0. The topological polar surface area (TPSA) is 73.2 Å². The van der Waals surface area contributed by atoms with Crippen LogP contribution in [0.3, 0.4) is 0 Å². The molecule has 1 saturated carbocycles. The van der Waals surface area contributed by atoms with E-state index >= 15 is 0 Å². The van der Waals surface area contributed by atoms with Crippen LogP contribution in [0.15, 0.2) is 12.1 Å². The standard InChI is InChI=1S/C23H34F3NO4/c1-21(2,3)15-4-7-22(29,8-5-15)12-27-9-6-19(28)23(30,13-27)14-31-16-10-17(24)20(26)18(25)11-16/h10-11,15,19,28-30H,4-9,12-14H2,1-3H3/t15?,19-,22?,23-/m0/s1. The lowest BCUT2D eigenvalue weighted by Gasteiger charge is -2.47. The van der Waals surface area contributed by atoms with E-state index in [2.05, 4.69) is 20.8 Å². The Hall–Kier alpha value is -1.35. The Balaban J connectivity index is 1.60. The molecule has 0 aromatic heterocycles. The second-order valence-corrected chi connectivity index (χ2v) is 10.5. The summed E-state index contributed by atoms with van der Waals surface area (Å²) in [6.07, 6.45) is 2.41. The maximum atomic E-state index is 13.4. The number of aliphatic hydroxyl groups excluding tert-OH is 1. The summed E-state index contributed by atoms with van der Waals surface area (Å²) in [5.74, 6) is -4.09. The Morgan fingerprint density at radius 1 is 1.06 bits per heavy atom. The molecule has 0 amide bonds. The molecule has 2 atom stereocenters. The Morgan fingerprint density at radius 2 is 1.65 bits per heavy atom. The maximum Gasteiger partial charge on any atom is 0.194 e. The van der Waals surface area contributed by atoms with Crippen LogP contribution in [0.5, 0.6) is 5.75 Å². The van der Waals surface area contributed by atoms with E-state index in [1.807, 2.05) is 4.90 Å². The number of β-amino-alcohol motifs (C(OH)–C–C–N with tert-alkyl or cyclic N) is 2. The molecule has 1 aliphatic heterocycles. The predicted molar refractivity (Wildman–Crippen MR) is 110 cm³/mol. The lowest BCUT2D eigenvalue weighted by atomic mass is 9.68. The van der Waals surface area contributed by atoms with E-state index in [0.29, 0.717) is 44.0 Å². The zero-order valence-electron chi connectivity index (χ0n) is 18.5. The molecule has 0 bridgehead atoms. The van der Waals surface area contributed by atoms with Crippen molar-refractivity contribution in [2.24, 2.45) is 11.3 Å². The molecule has 1 saturated heterocycles. The van der Waals surface area contributed by atoms with Crippen LogP contribution in [0.4, 0.5) is 13.2 Å². The molecule has 1 aliphatic carbocycles. The molecule has 176 valence electrons. The van der Waals surface area contributed by atoms with Gasteiger partial charge in [-0.1, -0.05) is 20.8 Å². The minimum atomic E-state index is -1.68. The largest absolute Gasteiger partial charge is 0.490 e. The van der Waals surface area contributed by atoms with E-state index in [1.54, 1.807) is 0 Å². The third-order valence-corrected chi connectivity index (χ3v) is 6.94. The molecule has 8 heteroatoms. The van der Waals surface area contributed by atoms with Crippen LogP contribution in [0, 0.1) is 28.8 Å². The van der Waals surface area contributed by atoms with E-state index in [1.165, 1.54) is 0 Å². The molecular weight excluding hydrogens is 411 g/mol. The highest BCUT2D eigenvalue weighted by atomic mass is 19.2. The summed E-state index contributed by atoms with van der Waals surface area (Å²) in [7, 11) is 0. The number of likely N-dealkylation sites (tertiary alicyclic amines) is 1. The fourth-order valence-corrected chi connectivity index (χ4v) is 4.84. The van der Waals surface area contributed by atoms with Crippen molar-refractivity contribution in [3.63, 3.8) is 0 Å². The Morgan fingerprint density at radius 3 is 2.19 bits per heavy atom. The molecule has 31 heavy (non-hydrogen) atoms. The van der Waals surface area contributed by atoms with Gasteiger partial charge in [0.2, 0.25) is 0 Å². The molecule has 2 fully saturated rings. The summed E-state index contributed by atoms with van der Waals surface area (Å²) in [5, 5.41) is 32.4. The SMILES string of the molecule is CC(C)(C)C1CCC(O)(CN2CC[C@H](O)[C@@](O)(COc3cc(F)c(F)c(F)c3)C2)CC1. The molecule has 3 N–H and O–H groups in total. The smallest absolute Gasteiger partial charge is 0.194 e. The Kier molecular flexibility index (Phi) is 6.96. The molecule has 3 rings (SSSR count). The predicted octanol–water partition coefficient (Wildman–Crippen LogP) is 3.25. The van der Waals surface area contributed by atoms with Gasteiger partial charge in [-0.3, -0.25) is 4.90 Å². The van der Waals surface area contributed by atoms with Crippen molar-refractivity contribution in [2.45, 2.75) is 70.2 Å². The van der Waals surface area contributed by atoms with Gasteiger partial charge in [-0.25, -0.2) is 13.2 Å². The normalized spacial score (nSPS) is 32.8. The third kappa shape index (κ3) is 5.72. The monoisotopic (exact) mass is 445 g/mol. The summed E-state index contributed by atoms with van der Waals surface area (Å²) in [5.41, 5.74) is -2.33. The molecule has 1 aromatic carbocycles. The average Bonchev–Trinajstić information content (AvgIpc) is 2.67. The number of rotatable bonds is 5. The summed E-state index contributed by atoms with van der Waals surface area (Å²) in [6.45, 7) is 7.16. The lowest BCUT2D eigenvalue weighted by molar-refractivity contribution is -0.151. The second kappa shape index (κ2) is 8.89. The Labute approximate surface area is 181 Å². The summed E-state index contributed by atoms with van der Waals surface area (Å²) in [6, 6.07) is 1.40. The first-order chi connectivity index (χ1) is 14.3. The number of halogens is 3. The van der Waals surface area contributed by atoms with Crippen LogP contribution in [0.2, 0.25) is 0 Å². The molecule has 0 radical (unpaired) electrons. The maximum absolute atomic E-state index is 13.4. The summed E-state index contributed by atoms with van der Waals surface area (Å²) in [4.78, 5) is 1.90. The zero-order valence-corrected chi connectivity index (χ0v) is 18.5. The van der Waals surface area contributed by atoms with Crippen molar-refractivity contribution < 1.29 is 33.2 Å². The molecule has 1 heterocycles. The fraction of sp³-hybridized carbons (Fsp3) is 0.739. The van der Waals surface area contributed by atoms with Gasteiger partial charge in [0.25, 0.3) is 0 Å². The van der Waals surface area contributed by atoms with Crippen LogP contribution in [0.1, 0.15) is 52.9 Å². The van der Waals surface area contributed by atoms with Crippen molar-refractivity contribution in [3.05, 3.63) is 29.6 Å². The number of aliphatic hydroxyl groups is 3. The van der Waals surface area contributed by atoms with Crippen molar-refractivity contribution in [2.75, 3.05) is 26.2 Å². The number of nitrogens with zero attached hydrogens (tertiary/aromatic N) is 1. The van der Waals surface area contributed by atoms with E-state index in [4.69, 9.17) is 4.74 Å². The van der Waals surface area contributed by atoms with Crippen LogP contribution in [-0.4, -0.2) is 63.8 Å². The number of benzene rings is 1. The lowest BCUT2D eigenvalue weighted by Crippen LogP contribution is -2.62. The minimum Gasteiger partial charge on any atom is -0.490 e. The first-order valence-electron chi connectivity index (χ1n) is 10.9. The minimum absolute atomic E-state index is 0.0470. The van der Waals surface area contributed by atoms with E-state index in [0.717, 1.165) is 12.8 Å². The average molecular weight is 446 g/mol. The van der Waals surface area contributed by atoms with Gasteiger partial charge >= 0.3 is 0 Å². The highest BCUT2D eigenvalue weighted by molar-refractivity contribution is 5.25. The van der Waals surface area contributed by atoms with Crippen LogP contribution in [0.25, 0.3) is 0 Å². The quantitative estimate of drug-likeness (QED) is 0.607. The molecule has 2 aliphatic rings. The molecule has 1 aromatic rings. The fourth-order valence-electron chi connectivity index (χ4n) is 4.84. The summed E-state index contributed by atoms with van der Waals surface area (Å²) < 4.78 is 45.2. The van der Waals surface area contributed by atoms with E-state index in [-0.39, 0.29) is 24.1 Å². The number of piperidine rings is 1. The first kappa shape index (κ1) is 24.3. The molecule has 0 unspecified atom stereocenters. The van der Waals surface area contributed by atoms with Gasteiger partial charge in [0, 0.05) is 31.8 Å². The van der Waals surface area contributed by atoms with Gasteiger partial charge in [0.05, 0.1) is 11.7 Å². The van der Waals surface area contributed by atoms with Crippen molar-refractivity contribution in [3.8, 4) is 5.75 Å². The van der Waals surface area contributed by atoms with Gasteiger partial charge in [0.1, 0.15) is 18.0 Å². The van der Waals surface area contributed by atoms with Gasteiger partial charge in [0.15, 0.2) is 17.5 Å².